The lowest BCUT2D eigenvalue weighted by atomic mass is 10.1. The van der Waals surface area contributed by atoms with Crippen molar-refractivity contribution in [2.75, 3.05) is 18.4 Å². The van der Waals surface area contributed by atoms with E-state index in [1.807, 2.05) is 0 Å². The molecule has 160 valence electrons. The molecule has 1 saturated heterocycles. The van der Waals surface area contributed by atoms with Crippen LogP contribution in [0.3, 0.4) is 0 Å². The molecule has 0 spiro atoms. The number of aromatic amines is 1. The topological polar surface area (TPSA) is 109 Å². The zero-order valence-corrected chi connectivity index (χ0v) is 17.1. The van der Waals surface area contributed by atoms with Crippen molar-refractivity contribution in [2.24, 2.45) is 0 Å². The van der Waals surface area contributed by atoms with Crippen LogP contribution >= 0.6 is 11.6 Å². The van der Waals surface area contributed by atoms with Gasteiger partial charge < -0.3 is 19.8 Å². The van der Waals surface area contributed by atoms with Crippen LogP contribution in [0.4, 0.5) is 10.2 Å². The second-order valence-electron chi connectivity index (χ2n) is 7.38. The van der Waals surface area contributed by atoms with E-state index >= 15 is 4.39 Å². The minimum Gasteiger partial charge on any atom is -0.482 e. The summed E-state index contributed by atoms with van der Waals surface area (Å²) < 4.78 is 22.5. The maximum Gasteiger partial charge on any atom is 0.212 e. The summed E-state index contributed by atoms with van der Waals surface area (Å²) in [6, 6.07) is 0. The number of imidazole rings is 1. The highest BCUT2D eigenvalue weighted by atomic mass is 35.5. The third-order valence-electron chi connectivity index (χ3n) is 4.93. The number of ether oxygens (including phenoxy) is 1. The van der Waals surface area contributed by atoms with Gasteiger partial charge in [0.2, 0.25) is 6.41 Å². The first-order valence-electron chi connectivity index (χ1n) is 9.92. The van der Waals surface area contributed by atoms with Crippen molar-refractivity contribution in [3.8, 4) is 17.0 Å². The van der Waals surface area contributed by atoms with E-state index in [1.165, 1.54) is 25.5 Å². The predicted octanol–water partition coefficient (Wildman–Crippen LogP) is 3.15. The van der Waals surface area contributed by atoms with Gasteiger partial charge in [0.1, 0.15) is 11.6 Å². The van der Waals surface area contributed by atoms with Gasteiger partial charge in [-0.15, -0.1) is 0 Å². The Bertz CT molecular complexity index is 1260. The summed E-state index contributed by atoms with van der Waals surface area (Å²) in [5.74, 6) is -0.248. The van der Waals surface area contributed by atoms with Gasteiger partial charge in [-0.3, -0.25) is 14.9 Å². The second kappa shape index (κ2) is 8.12. The molecule has 0 unspecified atom stereocenters. The quantitative estimate of drug-likeness (QED) is 0.409. The van der Waals surface area contributed by atoms with Gasteiger partial charge in [0, 0.05) is 30.2 Å². The number of anilines is 1. The normalized spacial score (nSPS) is 15.3. The second-order valence-corrected chi connectivity index (χ2v) is 7.75. The number of amides is 1. The summed E-state index contributed by atoms with van der Waals surface area (Å²) in [7, 11) is 0. The first kappa shape index (κ1) is 19.7. The van der Waals surface area contributed by atoms with Gasteiger partial charge in [-0.25, -0.2) is 9.37 Å². The number of hydrogen-bond acceptors (Lipinski definition) is 6. The lowest BCUT2D eigenvalue weighted by molar-refractivity contribution is -0.105. The van der Waals surface area contributed by atoms with E-state index in [4.69, 9.17) is 16.3 Å². The van der Waals surface area contributed by atoms with Crippen LogP contribution < -0.4 is 15.4 Å². The summed E-state index contributed by atoms with van der Waals surface area (Å²) in [6.45, 7) is 1.29. The van der Waals surface area contributed by atoms with E-state index in [9.17, 15) is 4.79 Å². The van der Waals surface area contributed by atoms with Gasteiger partial charge >= 0.3 is 0 Å². The van der Waals surface area contributed by atoms with E-state index in [-0.39, 0.29) is 16.9 Å². The minimum absolute atomic E-state index is 0.0499. The molecule has 1 saturated carbocycles. The van der Waals surface area contributed by atoms with Crippen molar-refractivity contribution in [1.29, 1.82) is 0 Å². The molecular formula is C20H19ClFN7O2. The van der Waals surface area contributed by atoms with Gasteiger partial charge in [0.25, 0.3) is 0 Å². The highest BCUT2D eigenvalue weighted by Crippen LogP contribution is 2.42. The smallest absolute Gasteiger partial charge is 0.212 e. The Morgan fingerprint density at radius 2 is 2.06 bits per heavy atom. The number of fused-ring (bicyclic) bond motifs is 2. The number of nitrogens with zero attached hydrogens (tertiary/aromatic N) is 4. The number of carbonyl (C=O) groups excluding carboxylic acids is 1. The fourth-order valence-corrected chi connectivity index (χ4v) is 3.40. The standard InChI is InChI=1S/C17H13ClFN7O2.C3H6/c18-14-13(10-5-26-6-11(22-7-27)24-12(26)4-21-10)9-3-23-25-16(9)17(15(14)19)28-8-1-20-2-8;1-2-3-1/h3-8,20H,1-2H2,(H,22,27)(H,23,25);1-3H2. The lowest BCUT2D eigenvalue weighted by Crippen LogP contribution is -2.50. The van der Waals surface area contributed by atoms with Gasteiger partial charge in [-0.05, 0) is 0 Å². The molecule has 2 fully saturated rings. The number of benzene rings is 1. The van der Waals surface area contributed by atoms with Crippen LogP contribution in [-0.4, -0.2) is 50.2 Å². The summed E-state index contributed by atoms with van der Waals surface area (Å²) in [4.78, 5) is 19.2. The number of rotatable bonds is 5. The minimum atomic E-state index is -0.670. The molecule has 4 aromatic rings. The molecule has 3 aromatic heterocycles. The maximum atomic E-state index is 15.1. The van der Waals surface area contributed by atoms with E-state index in [0.29, 0.717) is 53.1 Å². The van der Waals surface area contributed by atoms with Crippen molar-refractivity contribution >= 4 is 40.4 Å². The van der Waals surface area contributed by atoms with Crippen LogP contribution in [-0.2, 0) is 4.79 Å². The molecule has 1 aromatic carbocycles. The molecule has 11 heteroatoms. The van der Waals surface area contributed by atoms with E-state index in [2.05, 4.69) is 30.8 Å². The monoisotopic (exact) mass is 443 g/mol. The van der Waals surface area contributed by atoms with Crippen LogP contribution in [0.25, 0.3) is 27.8 Å². The molecule has 3 N–H and O–H groups in total. The molecule has 6 rings (SSSR count). The molecule has 0 atom stereocenters. The van der Waals surface area contributed by atoms with E-state index in [0.717, 1.165) is 0 Å². The number of H-pyrrole nitrogens is 1. The van der Waals surface area contributed by atoms with Crippen molar-refractivity contribution in [2.45, 2.75) is 25.4 Å². The van der Waals surface area contributed by atoms with Crippen molar-refractivity contribution in [3.05, 3.63) is 35.6 Å². The highest BCUT2D eigenvalue weighted by Gasteiger charge is 2.27. The van der Waals surface area contributed by atoms with Crippen LogP contribution in [0.15, 0.2) is 24.8 Å². The lowest BCUT2D eigenvalue weighted by Gasteiger charge is -2.28. The summed E-state index contributed by atoms with van der Waals surface area (Å²) in [6.07, 6.45) is 11.3. The Hall–Kier alpha value is -3.24. The zero-order valence-electron chi connectivity index (χ0n) is 16.4. The molecule has 4 heterocycles. The summed E-state index contributed by atoms with van der Waals surface area (Å²) in [5, 5.41) is 12.9. The van der Waals surface area contributed by atoms with Gasteiger partial charge in [-0.2, -0.15) is 5.10 Å². The first-order chi connectivity index (χ1) is 15.2. The van der Waals surface area contributed by atoms with Gasteiger partial charge in [-0.1, -0.05) is 30.9 Å². The summed E-state index contributed by atoms with van der Waals surface area (Å²) >= 11 is 6.38. The van der Waals surface area contributed by atoms with E-state index in [1.54, 1.807) is 23.0 Å². The fraction of sp³-hybridized carbons (Fsp3) is 0.300. The average molecular weight is 444 g/mol. The molecule has 31 heavy (non-hydrogen) atoms. The fourth-order valence-electron chi connectivity index (χ4n) is 3.12. The van der Waals surface area contributed by atoms with Crippen LogP contribution in [0.5, 0.6) is 5.75 Å². The molecule has 1 amide bonds. The molecule has 2 aliphatic rings. The SMILES string of the molecule is C1CC1.O=CNc1cn2cc(-c3c(Cl)c(F)c(OC4CNC4)c4[nH]ncc34)ncc2n1. The van der Waals surface area contributed by atoms with Crippen LogP contribution in [0.2, 0.25) is 5.02 Å². The Morgan fingerprint density at radius 3 is 2.74 bits per heavy atom. The van der Waals surface area contributed by atoms with Gasteiger partial charge in [0.15, 0.2) is 23.0 Å². The third kappa shape index (κ3) is 3.79. The molecule has 1 aliphatic heterocycles. The van der Waals surface area contributed by atoms with E-state index < -0.39 is 5.82 Å². The summed E-state index contributed by atoms with van der Waals surface area (Å²) in [5.41, 5.74) is 1.75. The third-order valence-corrected chi connectivity index (χ3v) is 5.29. The van der Waals surface area contributed by atoms with Crippen molar-refractivity contribution < 1.29 is 13.9 Å². The van der Waals surface area contributed by atoms with Crippen molar-refractivity contribution in [1.82, 2.24) is 29.9 Å². The average Bonchev–Trinajstić information content (AvgIpc) is 3.45. The molecule has 0 radical (unpaired) electrons. The van der Waals surface area contributed by atoms with Crippen molar-refractivity contribution in [3.63, 3.8) is 0 Å². The van der Waals surface area contributed by atoms with Crippen LogP contribution in [0.1, 0.15) is 19.3 Å². The number of carbonyl (C=O) groups is 1. The highest BCUT2D eigenvalue weighted by molar-refractivity contribution is 6.35. The first-order valence-corrected chi connectivity index (χ1v) is 10.3. The maximum absolute atomic E-state index is 15.1. The predicted molar refractivity (Wildman–Crippen MR) is 114 cm³/mol. The largest absolute Gasteiger partial charge is 0.482 e. The van der Waals surface area contributed by atoms with Crippen LogP contribution in [0, 0.1) is 5.82 Å². The number of halogens is 2. The molecular weight excluding hydrogens is 425 g/mol. The number of hydrogen-bond donors (Lipinski definition) is 3. The zero-order chi connectivity index (χ0) is 21.4. The molecule has 9 nitrogen and oxygen atoms in total. The Balaban J connectivity index is 0.000000628. The number of aromatic nitrogens is 5. The molecule has 0 bridgehead atoms. The number of nitrogens with one attached hydrogen (secondary N) is 3. The Morgan fingerprint density at radius 1 is 1.26 bits per heavy atom. The van der Waals surface area contributed by atoms with Gasteiger partial charge in [0.05, 0.1) is 29.3 Å². The molecule has 1 aliphatic carbocycles. The Kier molecular flexibility index (Phi) is 5.16. The Labute approximate surface area is 181 Å².